The van der Waals surface area contributed by atoms with Crippen molar-refractivity contribution in [3.8, 4) is 0 Å². The highest BCUT2D eigenvalue weighted by atomic mass is 19.4. The van der Waals surface area contributed by atoms with Crippen molar-refractivity contribution in [2.24, 2.45) is 5.92 Å². The molecule has 2 aliphatic rings. The lowest BCUT2D eigenvalue weighted by Gasteiger charge is -2.25. The van der Waals surface area contributed by atoms with Crippen LogP contribution in [0.2, 0.25) is 0 Å². The third-order valence-electron chi connectivity index (χ3n) is 3.77. The predicted molar refractivity (Wildman–Crippen MR) is 57.0 cm³/mol. The highest BCUT2D eigenvalue weighted by Gasteiger charge is 2.68. The van der Waals surface area contributed by atoms with E-state index in [1.807, 2.05) is 0 Å². The first kappa shape index (κ1) is 12.9. The zero-order chi connectivity index (χ0) is 14.4. The van der Waals surface area contributed by atoms with Gasteiger partial charge in [-0.3, -0.25) is 4.68 Å². The first-order valence-electron chi connectivity index (χ1n) is 6.04. The van der Waals surface area contributed by atoms with Crippen LogP contribution in [0, 0.1) is 5.92 Å². The number of hydrogen-bond donors (Lipinski definition) is 0. The number of halogens is 5. The molecular formula is C12H13F5N2. The van der Waals surface area contributed by atoms with Gasteiger partial charge in [-0.25, -0.2) is 0 Å². The minimum Gasteiger partial charge on any atom is -0.257 e. The Kier molecular flexibility index (Phi) is 2.11. The highest BCUT2D eigenvalue weighted by Crippen LogP contribution is 2.68. The number of aromatic nitrogens is 2. The molecule has 0 amide bonds. The lowest BCUT2D eigenvalue weighted by Crippen LogP contribution is -2.30. The van der Waals surface area contributed by atoms with Crippen molar-refractivity contribution in [2.45, 2.75) is 50.7 Å². The van der Waals surface area contributed by atoms with Crippen LogP contribution >= 0.6 is 0 Å². The smallest absolute Gasteiger partial charge is 0.257 e. The third kappa shape index (κ3) is 1.56. The van der Waals surface area contributed by atoms with Gasteiger partial charge in [-0.2, -0.15) is 27.1 Å². The van der Waals surface area contributed by atoms with Gasteiger partial charge in [0.25, 0.3) is 5.92 Å². The van der Waals surface area contributed by atoms with Gasteiger partial charge < -0.3 is 0 Å². The first-order valence-corrected chi connectivity index (χ1v) is 6.04. The molecule has 7 heteroatoms. The summed E-state index contributed by atoms with van der Waals surface area (Å²) in [6.45, 7) is 4.71. The largest absolute Gasteiger partial charge is 0.435 e. The number of hydrogen-bond acceptors (Lipinski definition) is 1. The van der Waals surface area contributed by atoms with E-state index in [0.29, 0.717) is 0 Å². The molecule has 1 aromatic heterocycles. The summed E-state index contributed by atoms with van der Waals surface area (Å²) in [5.41, 5.74) is -2.86. The van der Waals surface area contributed by atoms with E-state index in [2.05, 4.69) is 5.10 Å². The summed E-state index contributed by atoms with van der Waals surface area (Å²) in [6, 6.07) is 0. The molecule has 1 unspecified atom stereocenters. The number of fused-ring (bicyclic) bond motifs is 3. The molecular weight excluding hydrogens is 267 g/mol. The van der Waals surface area contributed by atoms with Gasteiger partial charge in [0.05, 0.1) is 5.54 Å². The topological polar surface area (TPSA) is 17.8 Å². The molecule has 1 heterocycles. The summed E-state index contributed by atoms with van der Waals surface area (Å²) in [5, 5.41) is 3.46. The van der Waals surface area contributed by atoms with Crippen LogP contribution in [0.4, 0.5) is 22.0 Å². The van der Waals surface area contributed by atoms with Crippen LogP contribution in [0.1, 0.15) is 50.1 Å². The SMILES string of the molecule is CC(C)(C)n1nc(C(F)(F)F)c2c1C(F)(F)C1C[C@H]21. The average molecular weight is 280 g/mol. The molecule has 0 aliphatic heterocycles. The molecule has 0 bridgehead atoms. The molecule has 0 radical (unpaired) electrons. The third-order valence-corrected chi connectivity index (χ3v) is 3.77. The van der Waals surface area contributed by atoms with Gasteiger partial charge in [0.15, 0.2) is 5.69 Å². The second kappa shape index (κ2) is 3.12. The van der Waals surface area contributed by atoms with Gasteiger partial charge in [0.2, 0.25) is 0 Å². The lowest BCUT2D eigenvalue weighted by atomic mass is 10.1. The average Bonchev–Trinajstić information content (AvgIpc) is 2.80. The molecule has 1 aromatic rings. The summed E-state index contributed by atoms with van der Waals surface area (Å²) >= 11 is 0. The molecule has 0 spiro atoms. The Hall–Kier alpha value is -1.14. The highest BCUT2D eigenvalue weighted by molar-refractivity contribution is 5.47. The van der Waals surface area contributed by atoms with E-state index < -0.39 is 40.9 Å². The van der Waals surface area contributed by atoms with E-state index in [-0.39, 0.29) is 12.0 Å². The van der Waals surface area contributed by atoms with Crippen molar-refractivity contribution >= 4 is 0 Å². The first-order chi connectivity index (χ1) is 8.45. The zero-order valence-corrected chi connectivity index (χ0v) is 10.6. The Labute approximate surface area is 106 Å². The Morgan fingerprint density at radius 1 is 1.21 bits per heavy atom. The van der Waals surface area contributed by atoms with Crippen LogP contribution in [0.15, 0.2) is 0 Å². The fourth-order valence-electron chi connectivity index (χ4n) is 2.89. The minimum atomic E-state index is -4.69. The normalized spacial score (nSPS) is 28.2. The summed E-state index contributed by atoms with van der Waals surface area (Å²) in [4.78, 5) is 0. The number of nitrogens with zero attached hydrogens (tertiary/aromatic N) is 2. The number of alkyl halides is 5. The van der Waals surface area contributed by atoms with Gasteiger partial charge >= 0.3 is 6.18 Å². The Balaban J connectivity index is 2.29. The second-order valence-electron chi connectivity index (χ2n) is 6.26. The van der Waals surface area contributed by atoms with Crippen LogP contribution in [0.3, 0.4) is 0 Å². The van der Waals surface area contributed by atoms with Crippen molar-refractivity contribution in [1.29, 1.82) is 0 Å². The van der Waals surface area contributed by atoms with Gasteiger partial charge in [-0.05, 0) is 33.1 Å². The van der Waals surface area contributed by atoms with Crippen molar-refractivity contribution < 1.29 is 22.0 Å². The summed E-state index contributed by atoms with van der Waals surface area (Å²) < 4.78 is 68.0. The van der Waals surface area contributed by atoms with Crippen LogP contribution < -0.4 is 0 Å². The van der Waals surface area contributed by atoms with Crippen LogP contribution in [0.25, 0.3) is 0 Å². The van der Waals surface area contributed by atoms with E-state index >= 15 is 0 Å². The van der Waals surface area contributed by atoms with E-state index in [0.717, 1.165) is 4.68 Å². The van der Waals surface area contributed by atoms with E-state index in [1.54, 1.807) is 20.8 Å². The Morgan fingerprint density at radius 3 is 2.26 bits per heavy atom. The van der Waals surface area contributed by atoms with Gasteiger partial charge in [-0.15, -0.1) is 0 Å². The number of rotatable bonds is 0. The van der Waals surface area contributed by atoms with Crippen LogP contribution in [-0.4, -0.2) is 9.78 Å². The van der Waals surface area contributed by atoms with Crippen LogP contribution in [0.5, 0.6) is 0 Å². The summed E-state index contributed by atoms with van der Waals surface area (Å²) in [6.07, 6.45) is -4.56. The molecule has 0 N–H and O–H groups in total. The summed E-state index contributed by atoms with van der Waals surface area (Å²) in [7, 11) is 0. The van der Waals surface area contributed by atoms with Crippen molar-refractivity contribution in [3.63, 3.8) is 0 Å². The standard InChI is InChI=1S/C12H13F5N2/c1-10(2,3)19-9-7(8(18-19)12(15,16)17)5-4-6(5)11(9,13)14/h5-6H,4H2,1-3H3/t5-,6?/m0/s1. The zero-order valence-electron chi connectivity index (χ0n) is 10.6. The Morgan fingerprint density at radius 2 is 1.79 bits per heavy atom. The molecule has 1 saturated carbocycles. The molecule has 1 fully saturated rings. The van der Waals surface area contributed by atoms with Crippen molar-refractivity contribution in [3.05, 3.63) is 17.0 Å². The molecule has 3 rings (SSSR count). The molecule has 0 aromatic carbocycles. The quantitative estimate of drug-likeness (QED) is 0.660. The fourth-order valence-corrected chi connectivity index (χ4v) is 2.89. The van der Waals surface area contributed by atoms with E-state index in [1.165, 1.54) is 0 Å². The molecule has 0 saturated heterocycles. The van der Waals surface area contributed by atoms with Gasteiger partial charge in [0.1, 0.15) is 5.69 Å². The molecule has 19 heavy (non-hydrogen) atoms. The van der Waals surface area contributed by atoms with Gasteiger partial charge in [-0.1, -0.05) is 0 Å². The maximum Gasteiger partial charge on any atom is 0.435 e. The molecule has 2 atom stereocenters. The van der Waals surface area contributed by atoms with E-state index in [4.69, 9.17) is 0 Å². The second-order valence-corrected chi connectivity index (χ2v) is 6.26. The minimum absolute atomic E-state index is 0.124. The summed E-state index contributed by atoms with van der Waals surface area (Å²) in [5.74, 6) is -4.86. The molecule has 2 nitrogen and oxygen atoms in total. The van der Waals surface area contributed by atoms with Crippen LogP contribution in [-0.2, 0) is 17.6 Å². The van der Waals surface area contributed by atoms with E-state index in [9.17, 15) is 22.0 Å². The van der Waals surface area contributed by atoms with Crippen molar-refractivity contribution in [2.75, 3.05) is 0 Å². The molecule has 106 valence electrons. The maximum atomic E-state index is 14.1. The maximum absolute atomic E-state index is 14.1. The van der Waals surface area contributed by atoms with Crippen molar-refractivity contribution in [1.82, 2.24) is 9.78 Å². The Bertz CT molecular complexity index is 550. The molecule has 2 aliphatic carbocycles. The lowest BCUT2D eigenvalue weighted by molar-refractivity contribution is -0.142. The predicted octanol–water partition coefficient (Wildman–Crippen LogP) is 3.87. The fraction of sp³-hybridized carbons (Fsp3) is 0.750. The monoisotopic (exact) mass is 280 g/mol. The van der Waals surface area contributed by atoms with Gasteiger partial charge in [0, 0.05) is 11.5 Å².